The van der Waals surface area contributed by atoms with Gasteiger partial charge >= 0.3 is 0 Å². The molecule has 1 fully saturated rings. The summed E-state index contributed by atoms with van der Waals surface area (Å²) in [6, 6.07) is 13.9. The van der Waals surface area contributed by atoms with Gasteiger partial charge in [0.2, 0.25) is 0 Å². The van der Waals surface area contributed by atoms with E-state index in [0.29, 0.717) is 6.42 Å². The minimum atomic E-state index is 0.0968. The predicted molar refractivity (Wildman–Crippen MR) is 82.0 cm³/mol. The zero-order valence-corrected chi connectivity index (χ0v) is 11.8. The van der Waals surface area contributed by atoms with E-state index in [1.165, 1.54) is 0 Å². The number of hydrogen-bond donors (Lipinski definition) is 1. The molecule has 1 heterocycles. The Kier molecular flexibility index (Phi) is 3.85. The Bertz CT molecular complexity index is 712. The third kappa shape index (κ3) is 2.88. The van der Waals surface area contributed by atoms with Gasteiger partial charge in [0.05, 0.1) is 12.5 Å². The summed E-state index contributed by atoms with van der Waals surface area (Å²) in [4.78, 5) is 14.4. The maximum absolute atomic E-state index is 12.5. The first-order chi connectivity index (χ1) is 10.3. The van der Waals surface area contributed by atoms with Crippen molar-refractivity contribution < 1.29 is 4.79 Å². The van der Waals surface area contributed by atoms with Crippen molar-refractivity contribution >= 4 is 16.7 Å². The molecule has 0 aliphatic carbocycles. The number of carbonyl (C=O) groups is 1. The minimum absolute atomic E-state index is 0.0968. The molecule has 1 aliphatic rings. The smallest absolute Gasteiger partial charge is 0.253 e. The van der Waals surface area contributed by atoms with Crippen molar-refractivity contribution in [3.8, 4) is 6.07 Å². The van der Waals surface area contributed by atoms with Crippen LogP contribution in [0.25, 0.3) is 10.8 Å². The van der Waals surface area contributed by atoms with Crippen LogP contribution in [0.15, 0.2) is 36.4 Å². The maximum atomic E-state index is 12.5. The first kappa shape index (κ1) is 13.6. The lowest BCUT2D eigenvalue weighted by Crippen LogP contribution is -2.46. The molecule has 3 rings (SSSR count). The largest absolute Gasteiger partial charge is 0.336 e. The SMILES string of the molecule is N#CCc1ccc2cc(C(=O)N3CCNCC3)ccc2c1. The Morgan fingerprint density at radius 3 is 2.62 bits per heavy atom. The van der Waals surface area contributed by atoms with Crippen LogP contribution in [0.3, 0.4) is 0 Å². The van der Waals surface area contributed by atoms with Crippen LogP contribution in [0, 0.1) is 11.3 Å². The van der Waals surface area contributed by atoms with Gasteiger partial charge in [-0.2, -0.15) is 5.26 Å². The van der Waals surface area contributed by atoms with Crippen LogP contribution in [0.4, 0.5) is 0 Å². The van der Waals surface area contributed by atoms with Crippen molar-refractivity contribution in [2.45, 2.75) is 6.42 Å². The van der Waals surface area contributed by atoms with Crippen LogP contribution in [0.1, 0.15) is 15.9 Å². The molecule has 21 heavy (non-hydrogen) atoms. The molecule has 106 valence electrons. The van der Waals surface area contributed by atoms with E-state index < -0.39 is 0 Å². The lowest BCUT2D eigenvalue weighted by Gasteiger charge is -2.27. The van der Waals surface area contributed by atoms with Crippen LogP contribution in [0.2, 0.25) is 0 Å². The molecule has 1 amide bonds. The molecule has 0 aromatic heterocycles. The van der Waals surface area contributed by atoms with Crippen molar-refractivity contribution in [1.82, 2.24) is 10.2 Å². The van der Waals surface area contributed by atoms with Crippen LogP contribution in [0.5, 0.6) is 0 Å². The summed E-state index contributed by atoms with van der Waals surface area (Å²) in [5, 5.41) is 14.1. The van der Waals surface area contributed by atoms with Crippen LogP contribution in [-0.4, -0.2) is 37.0 Å². The number of nitrogens with zero attached hydrogens (tertiary/aromatic N) is 2. The van der Waals surface area contributed by atoms with Gasteiger partial charge in [0.25, 0.3) is 5.91 Å². The van der Waals surface area contributed by atoms with Gasteiger partial charge in [-0.05, 0) is 28.5 Å². The highest BCUT2D eigenvalue weighted by Crippen LogP contribution is 2.19. The molecule has 2 aromatic rings. The van der Waals surface area contributed by atoms with Gasteiger partial charge in [-0.15, -0.1) is 0 Å². The second-order valence-electron chi connectivity index (χ2n) is 5.27. The lowest BCUT2D eigenvalue weighted by molar-refractivity contribution is 0.0736. The van der Waals surface area contributed by atoms with Crippen LogP contribution in [-0.2, 0) is 6.42 Å². The summed E-state index contributed by atoms with van der Waals surface area (Å²) in [5.74, 6) is 0.0968. The standard InChI is InChI=1S/C17H17N3O/c18-6-5-13-1-2-15-12-16(4-3-14(15)11-13)17(21)20-9-7-19-8-10-20/h1-4,11-12,19H,5,7-10H2. The van der Waals surface area contributed by atoms with Gasteiger partial charge in [-0.1, -0.05) is 24.3 Å². The molecule has 2 aromatic carbocycles. The van der Waals surface area contributed by atoms with Crippen molar-refractivity contribution in [3.05, 3.63) is 47.5 Å². The number of benzene rings is 2. The topological polar surface area (TPSA) is 56.1 Å². The van der Waals surface area contributed by atoms with E-state index in [2.05, 4.69) is 11.4 Å². The van der Waals surface area contributed by atoms with E-state index in [9.17, 15) is 4.79 Å². The molecule has 0 radical (unpaired) electrons. The highest BCUT2D eigenvalue weighted by atomic mass is 16.2. The highest BCUT2D eigenvalue weighted by molar-refractivity contribution is 5.98. The fraction of sp³-hybridized carbons (Fsp3) is 0.294. The summed E-state index contributed by atoms with van der Waals surface area (Å²) < 4.78 is 0. The van der Waals surface area contributed by atoms with Crippen molar-refractivity contribution in [1.29, 1.82) is 5.26 Å². The second kappa shape index (κ2) is 5.94. The summed E-state index contributed by atoms with van der Waals surface area (Å²) in [7, 11) is 0. The molecule has 1 N–H and O–H groups in total. The number of fused-ring (bicyclic) bond motifs is 1. The maximum Gasteiger partial charge on any atom is 0.253 e. The molecule has 0 atom stereocenters. The predicted octanol–water partition coefficient (Wildman–Crippen LogP) is 1.95. The first-order valence-corrected chi connectivity index (χ1v) is 7.17. The Labute approximate surface area is 124 Å². The van der Waals surface area contributed by atoms with E-state index in [1.807, 2.05) is 41.3 Å². The fourth-order valence-electron chi connectivity index (χ4n) is 2.68. The number of nitrogens with one attached hydrogen (secondary N) is 1. The average Bonchev–Trinajstić information content (AvgIpc) is 2.55. The van der Waals surface area contributed by atoms with Crippen molar-refractivity contribution in [2.24, 2.45) is 0 Å². The molecule has 0 bridgehead atoms. The Morgan fingerprint density at radius 1 is 1.14 bits per heavy atom. The Balaban J connectivity index is 1.88. The first-order valence-electron chi connectivity index (χ1n) is 7.17. The minimum Gasteiger partial charge on any atom is -0.336 e. The number of nitriles is 1. The molecule has 0 saturated carbocycles. The van der Waals surface area contributed by atoms with Gasteiger partial charge in [0, 0.05) is 31.7 Å². The summed E-state index contributed by atoms with van der Waals surface area (Å²) in [5.41, 5.74) is 1.74. The summed E-state index contributed by atoms with van der Waals surface area (Å²) in [6.07, 6.45) is 0.414. The van der Waals surface area contributed by atoms with Crippen LogP contribution < -0.4 is 5.32 Å². The van der Waals surface area contributed by atoms with E-state index >= 15 is 0 Å². The third-order valence-electron chi connectivity index (χ3n) is 3.84. The molecule has 4 nitrogen and oxygen atoms in total. The van der Waals surface area contributed by atoms with Gasteiger partial charge in [-0.25, -0.2) is 0 Å². The van der Waals surface area contributed by atoms with Gasteiger partial charge in [-0.3, -0.25) is 4.79 Å². The van der Waals surface area contributed by atoms with Gasteiger partial charge < -0.3 is 10.2 Å². The van der Waals surface area contributed by atoms with E-state index in [0.717, 1.165) is 48.1 Å². The number of hydrogen-bond acceptors (Lipinski definition) is 3. The molecule has 1 saturated heterocycles. The van der Waals surface area contributed by atoms with E-state index in [-0.39, 0.29) is 5.91 Å². The van der Waals surface area contributed by atoms with Gasteiger partial charge in [0.15, 0.2) is 0 Å². The summed E-state index contributed by atoms with van der Waals surface area (Å²) >= 11 is 0. The average molecular weight is 279 g/mol. The molecule has 4 heteroatoms. The van der Waals surface area contributed by atoms with Crippen molar-refractivity contribution in [2.75, 3.05) is 26.2 Å². The van der Waals surface area contributed by atoms with E-state index in [4.69, 9.17) is 5.26 Å². The molecule has 1 aliphatic heterocycles. The zero-order chi connectivity index (χ0) is 14.7. The molecular weight excluding hydrogens is 262 g/mol. The second-order valence-corrected chi connectivity index (χ2v) is 5.27. The van der Waals surface area contributed by atoms with E-state index in [1.54, 1.807) is 0 Å². The monoisotopic (exact) mass is 279 g/mol. The zero-order valence-electron chi connectivity index (χ0n) is 11.8. The fourth-order valence-corrected chi connectivity index (χ4v) is 2.68. The quantitative estimate of drug-likeness (QED) is 0.914. The third-order valence-corrected chi connectivity index (χ3v) is 3.84. The van der Waals surface area contributed by atoms with Crippen molar-refractivity contribution in [3.63, 3.8) is 0 Å². The number of amides is 1. The summed E-state index contributed by atoms with van der Waals surface area (Å²) in [6.45, 7) is 3.24. The number of rotatable bonds is 2. The van der Waals surface area contributed by atoms with Crippen LogP contribution >= 0.6 is 0 Å². The van der Waals surface area contributed by atoms with Gasteiger partial charge in [0.1, 0.15) is 0 Å². The lowest BCUT2D eigenvalue weighted by atomic mass is 10.0. The number of piperazine rings is 1. The Hall–Kier alpha value is -2.38. The molecule has 0 unspecified atom stereocenters. The number of carbonyl (C=O) groups excluding carboxylic acids is 1. The Morgan fingerprint density at radius 2 is 1.86 bits per heavy atom. The highest BCUT2D eigenvalue weighted by Gasteiger charge is 2.17. The molecule has 0 spiro atoms. The molecular formula is C17H17N3O. The normalized spacial score (nSPS) is 14.9.